The summed E-state index contributed by atoms with van der Waals surface area (Å²) in [7, 11) is -4.68. The van der Waals surface area contributed by atoms with Gasteiger partial charge in [0.05, 0.1) is 18.1 Å². The van der Waals surface area contributed by atoms with Gasteiger partial charge in [-0.3, -0.25) is 0 Å². The highest BCUT2D eigenvalue weighted by Crippen LogP contribution is 2.30. The van der Waals surface area contributed by atoms with E-state index in [4.69, 9.17) is 9.47 Å². The van der Waals surface area contributed by atoms with Crippen LogP contribution in [0.15, 0.2) is 59.5 Å². The predicted molar refractivity (Wildman–Crippen MR) is 78.6 cm³/mol. The molecule has 0 bridgehead atoms. The summed E-state index contributed by atoms with van der Waals surface area (Å²) < 4.78 is 45.8. The summed E-state index contributed by atoms with van der Waals surface area (Å²) in [6.07, 6.45) is -0.559. The molecule has 0 aromatic heterocycles. The zero-order valence-corrected chi connectivity index (χ0v) is 12.5. The standard InChI is InChI=1S/C16H15FO4S/c17-22(18,19)15-8-6-13(7-9-15)16-20-10-14(11-21-16)12-4-2-1-3-5-12/h1-9,14,16H,10-11H2. The molecule has 6 heteroatoms. The first-order valence-corrected chi connectivity index (χ1v) is 8.25. The van der Waals surface area contributed by atoms with Gasteiger partial charge in [0, 0.05) is 11.5 Å². The van der Waals surface area contributed by atoms with Gasteiger partial charge >= 0.3 is 10.2 Å². The first-order valence-electron chi connectivity index (χ1n) is 6.87. The fourth-order valence-corrected chi connectivity index (χ4v) is 2.86. The molecule has 1 aliphatic heterocycles. The average molecular weight is 322 g/mol. The molecular formula is C16H15FO4S. The van der Waals surface area contributed by atoms with Gasteiger partial charge in [0.15, 0.2) is 6.29 Å². The molecular weight excluding hydrogens is 307 g/mol. The quantitative estimate of drug-likeness (QED) is 0.815. The molecule has 0 N–H and O–H groups in total. The molecule has 2 aromatic rings. The van der Waals surface area contributed by atoms with Gasteiger partial charge in [-0.1, -0.05) is 42.5 Å². The van der Waals surface area contributed by atoms with E-state index in [-0.39, 0.29) is 10.8 Å². The zero-order valence-electron chi connectivity index (χ0n) is 11.7. The van der Waals surface area contributed by atoms with Crippen LogP contribution in [0.1, 0.15) is 23.3 Å². The maximum atomic E-state index is 12.8. The van der Waals surface area contributed by atoms with Crippen LogP contribution in [0.25, 0.3) is 0 Å². The van der Waals surface area contributed by atoms with Crippen LogP contribution >= 0.6 is 0 Å². The van der Waals surface area contributed by atoms with Gasteiger partial charge in [0.1, 0.15) is 0 Å². The number of rotatable bonds is 3. The van der Waals surface area contributed by atoms with Crippen molar-refractivity contribution in [3.63, 3.8) is 0 Å². The lowest BCUT2D eigenvalue weighted by molar-refractivity contribution is -0.191. The van der Waals surface area contributed by atoms with Crippen LogP contribution in [0.2, 0.25) is 0 Å². The van der Waals surface area contributed by atoms with Crippen molar-refractivity contribution in [1.82, 2.24) is 0 Å². The molecule has 1 saturated heterocycles. The molecule has 0 atom stereocenters. The molecule has 1 heterocycles. The lowest BCUT2D eigenvalue weighted by atomic mass is 10.0. The first-order chi connectivity index (χ1) is 10.5. The van der Waals surface area contributed by atoms with E-state index in [1.54, 1.807) is 0 Å². The van der Waals surface area contributed by atoms with Crippen molar-refractivity contribution in [2.45, 2.75) is 17.1 Å². The average Bonchev–Trinajstić information content (AvgIpc) is 2.55. The van der Waals surface area contributed by atoms with Gasteiger partial charge in [0.2, 0.25) is 0 Å². The van der Waals surface area contributed by atoms with Crippen molar-refractivity contribution in [3.8, 4) is 0 Å². The lowest BCUT2D eigenvalue weighted by Crippen LogP contribution is -2.25. The number of benzene rings is 2. The van der Waals surface area contributed by atoms with Gasteiger partial charge in [-0.25, -0.2) is 0 Å². The Morgan fingerprint density at radius 2 is 1.45 bits per heavy atom. The predicted octanol–water partition coefficient (Wildman–Crippen LogP) is 3.17. The Labute approximate surface area is 128 Å². The third kappa shape index (κ3) is 3.35. The highest BCUT2D eigenvalue weighted by atomic mass is 32.3. The molecule has 22 heavy (non-hydrogen) atoms. The van der Waals surface area contributed by atoms with E-state index in [9.17, 15) is 12.3 Å². The van der Waals surface area contributed by atoms with E-state index in [2.05, 4.69) is 0 Å². The minimum atomic E-state index is -4.68. The summed E-state index contributed by atoms with van der Waals surface area (Å²) in [6.45, 7) is 1.02. The van der Waals surface area contributed by atoms with Crippen molar-refractivity contribution in [2.75, 3.05) is 13.2 Å². The van der Waals surface area contributed by atoms with Gasteiger partial charge in [-0.05, 0) is 17.7 Å². The van der Waals surface area contributed by atoms with Crippen molar-refractivity contribution in [3.05, 3.63) is 65.7 Å². The smallest absolute Gasteiger partial charge is 0.332 e. The molecule has 0 aliphatic carbocycles. The summed E-state index contributed by atoms with van der Waals surface area (Å²) in [6, 6.07) is 15.4. The van der Waals surface area contributed by atoms with E-state index >= 15 is 0 Å². The molecule has 1 fully saturated rings. The van der Waals surface area contributed by atoms with Crippen LogP contribution in [0.4, 0.5) is 3.89 Å². The van der Waals surface area contributed by atoms with Gasteiger partial charge in [0.25, 0.3) is 0 Å². The second kappa shape index (κ2) is 6.16. The Morgan fingerprint density at radius 1 is 0.864 bits per heavy atom. The molecule has 0 spiro atoms. The normalized spacial score (nSPS) is 22.4. The molecule has 0 radical (unpaired) electrons. The van der Waals surface area contributed by atoms with Crippen LogP contribution in [-0.4, -0.2) is 21.6 Å². The Bertz CT molecular complexity index is 721. The second-order valence-corrected chi connectivity index (χ2v) is 6.46. The lowest BCUT2D eigenvalue weighted by Gasteiger charge is -2.30. The molecule has 4 nitrogen and oxygen atoms in total. The molecule has 116 valence electrons. The molecule has 1 aliphatic rings. The minimum absolute atomic E-state index is 0.169. The summed E-state index contributed by atoms with van der Waals surface area (Å²) in [5, 5.41) is 0. The molecule has 2 aromatic carbocycles. The van der Waals surface area contributed by atoms with Crippen molar-refractivity contribution >= 4 is 10.2 Å². The van der Waals surface area contributed by atoms with Crippen LogP contribution in [-0.2, 0) is 19.7 Å². The summed E-state index contributed by atoms with van der Waals surface area (Å²) >= 11 is 0. The highest BCUT2D eigenvalue weighted by molar-refractivity contribution is 7.86. The number of ether oxygens (including phenoxy) is 2. The van der Waals surface area contributed by atoms with Crippen LogP contribution < -0.4 is 0 Å². The maximum Gasteiger partial charge on any atom is 0.332 e. The second-order valence-electron chi connectivity index (χ2n) is 5.11. The van der Waals surface area contributed by atoms with Crippen LogP contribution in [0, 0.1) is 0 Å². The molecule has 0 saturated carbocycles. The van der Waals surface area contributed by atoms with E-state index in [1.807, 2.05) is 30.3 Å². The Kier molecular flexibility index (Phi) is 4.24. The van der Waals surface area contributed by atoms with E-state index < -0.39 is 16.5 Å². The minimum Gasteiger partial charge on any atom is -0.348 e. The number of hydrogen-bond donors (Lipinski definition) is 0. The third-order valence-corrected chi connectivity index (χ3v) is 4.44. The van der Waals surface area contributed by atoms with Crippen molar-refractivity contribution in [1.29, 1.82) is 0 Å². The topological polar surface area (TPSA) is 52.6 Å². The van der Waals surface area contributed by atoms with Gasteiger partial charge < -0.3 is 9.47 Å². The van der Waals surface area contributed by atoms with Crippen molar-refractivity contribution in [2.24, 2.45) is 0 Å². The zero-order chi connectivity index (χ0) is 15.6. The Hall–Kier alpha value is -1.76. The van der Waals surface area contributed by atoms with Gasteiger partial charge in [-0.15, -0.1) is 3.89 Å². The number of halogens is 1. The Balaban J connectivity index is 1.66. The third-order valence-electron chi connectivity index (χ3n) is 3.60. The first kappa shape index (κ1) is 15.1. The number of hydrogen-bond acceptors (Lipinski definition) is 4. The Morgan fingerprint density at radius 3 is 2.00 bits per heavy atom. The highest BCUT2D eigenvalue weighted by Gasteiger charge is 2.25. The molecule has 0 amide bonds. The maximum absolute atomic E-state index is 12.8. The molecule has 3 rings (SSSR count). The van der Waals surface area contributed by atoms with Crippen LogP contribution in [0.3, 0.4) is 0 Å². The van der Waals surface area contributed by atoms with Crippen molar-refractivity contribution < 1.29 is 21.8 Å². The van der Waals surface area contributed by atoms with Gasteiger partial charge in [-0.2, -0.15) is 8.42 Å². The van der Waals surface area contributed by atoms with E-state index in [0.717, 1.165) is 5.56 Å². The largest absolute Gasteiger partial charge is 0.348 e. The SMILES string of the molecule is O=S(=O)(F)c1ccc(C2OCC(c3ccccc3)CO2)cc1. The fraction of sp³-hybridized carbons (Fsp3) is 0.250. The fourth-order valence-electron chi connectivity index (χ4n) is 2.40. The molecule has 0 unspecified atom stereocenters. The van der Waals surface area contributed by atoms with E-state index in [1.165, 1.54) is 24.3 Å². The summed E-state index contributed by atoms with van der Waals surface area (Å²) in [5.41, 5.74) is 1.82. The summed E-state index contributed by atoms with van der Waals surface area (Å²) in [4.78, 5) is -0.366. The summed E-state index contributed by atoms with van der Waals surface area (Å²) in [5.74, 6) is 0.169. The monoisotopic (exact) mass is 322 g/mol. The van der Waals surface area contributed by atoms with Crippen LogP contribution in [0.5, 0.6) is 0 Å². The van der Waals surface area contributed by atoms with E-state index in [0.29, 0.717) is 18.8 Å².